The number of carbonyl (C=O) groups excluding carboxylic acids is 1. The Kier molecular flexibility index (Phi) is 7.88. The van der Waals surface area contributed by atoms with Crippen LogP contribution in [0.5, 0.6) is 0 Å². The summed E-state index contributed by atoms with van der Waals surface area (Å²) in [6.07, 6.45) is 2.90. The van der Waals surface area contributed by atoms with Crippen LogP contribution in [0, 0.1) is 0 Å². The fourth-order valence-electron chi connectivity index (χ4n) is 3.70. The van der Waals surface area contributed by atoms with E-state index >= 15 is 0 Å². The van der Waals surface area contributed by atoms with Crippen molar-refractivity contribution in [1.82, 2.24) is 9.71 Å². The van der Waals surface area contributed by atoms with Gasteiger partial charge >= 0.3 is 6.09 Å². The van der Waals surface area contributed by atoms with Gasteiger partial charge in [-0.1, -0.05) is 6.07 Å². The smallest absolute Gasteiger partial charge is 0.411 e. The third-order valence-electron chi connectivity index (χ3n) is 5.49. The third-order valence-corrected chi connectivity index (χ3v) is 8.37. The second kappa shape index (κ2) is 10.8. The Bertz CT molecular complexity index is 1360. The predicted molar refractivity (Wildman–Crippen MR) is 146 cm³/mol. The van der Waals surface area contributed by atoms with Gasteiger partial charge in [-0.25, -0.2) is 22.9 Å². The molecule has 0 spiro atoms. The number of amides is 1. The molecular formula is C26H32N4O5S2. The molecule has 1 fully saturated rings. The molecule has 1 aliphatic heterocycles. The molecule has 2 aromatic carbocycles. The van der Waals surface area contributed by atoms with Crippen LogP contribution in [-0.2, 0) is 19.5 Å². The zero-order valence-electron chi connectivity index (χ0n) is 21.3. The maximum atomic E-state index is 13.1. The number of benzene rings is 2. The summed E-state index contributed by atoms with van der Waals surface area (Å²) in [4.78, 5) is 17.5. The number of nitrogen functional groups attached to an aromatic ring is 1. The largest absolute Gasteiger partial charge is 0.446 e. The minimum Gasteiger partial charge on any atom is -0.446 e. The van der Waals surface area contributed by atoms with Gasteiger partial charge in [-0.05, 0) is 76.9 Å². The number of nitrogens with zero attached hydrogens (tertiary/aromatic N) is 1. The maximum absolute atomic E-state index is 13.1. The predicted octanol–water partition coefficient (Wildman–Crippen LogP) is 5.25. The van der Waals surface area contributed by atoms with Crippen LogP contribution in [0.2, 0.25) is 0 Å². The first-order valence-corrected chi connectivity index (χ1v) is 14.3. The van der Waals surface area contributed by atoms with Crippen LogP contribution in [0.3, 0.4) is 0 Å². The Morgan fingerprint density at radius 1 is 1.24 bits per heavy atom. The molecule has 4 N–H and O–H groups in total. The lowest BCUT2D eigenvalue weighted by atomic mass is 10.1. The van der Waals surface area contributed by atoms with Gasteiger partial charge in [0, 0.05) is 34.2 Å². The number of epoxide rings is 1. The first kappa shape index (κ1) is 27.1. The average Bonchev–Trinajstić information content (AvgIpc) is 3.51. The van der Waals surface area contributed by atoms with Crippen LogP contribution in [0.25, 0.3) is 21.0 Å². The van der Waals surface area contributed by atoms with E-state index < -0.39 is 21.7 Å². The van der Waals surface area contributed by atoms with Gasteiger partial charge in [-0.2, -0.15) is 0 Å². The summed E-state index contributed by atoms with van der Waals surface area (Å²) in [5.41, 5.74) is 7.59. The summed E-state index contributed by atoms with van der Waals surface area (Å²) in [6.45, 7) is 8.00. The number of ether oxygens (including phenoxy) is 2. The zero-order chi connectivity index (χ0) is 26.8. The summed E-state index contributed by atoms with van der Waals surface area (Å²) in [7, 11) is -3.82. The number of nitrogens with two attached hydrogens (primary N) is 1. The highest BCUT2D eigenvalue weighted by Crippen LogP contribution is 2.37. The number of aromatic nitrogens is 1. The number of hydrogen-bond donors (Lipinski definition) is 3. The SMILES string of the molecule is CC(CCC1CO1)OC(=O)Nc1ccc(-c2ncc(-c3ccc(N)cc3S(=O)(=O)NC(C)(C)C)s2)cc1. The van der Waals surface area contributed by atoms with Crippen LogP contribution < -0.4 is 15.8 Å². The van der Waals surface area contributed by atoms with Crippen molar-refractivity contribution in [3.05, 3.63) is 48.7 Å². The van der Waals surface area contributed by atoms with Crippen molar-refractivity contribution in [2.75, 3.05) is 17.7 Å². The van der Waals surface area contributed by atoms with Crippen LogP contribution >= 0.6 is 11.3 Å². The Morgan fingerprint density at radius 2 is 1.95 bits per heavy atom. The number of nitrogens with one attached hydrogen (secondary N) is 2. The molecule has 2 heterocycles. The van der Waals surface area contributed by atoms with Gasteiger partial charge in [0.2, 0.25) is 10.0 Å². The molecule has 0 radical (unpaired) electrons. The van der Waals surface area contributed by atoms with Crippen LogP contribution in [0.15, 0.2) is 53.6 Å². The summed E-state index contributed by atoms with van der Waals surface area (Å²) in [5, 5.41) is 3.45. The van der Waals surface area contributed by atoms with Crippen molar-refractivity contribution in [3.63, 3.8) is 0 Å². The number of rotatable bonds is 9. The minimum atomic E-state index is -3.82. The summed E-state index contributed by atoms with van der Waals surface area (Å²) >= 11 is 1.37. The van der Waals surface area contributed by atoms with E-state index in [4.69, 9.17) is 15.2 Å². The van der Waals surface area contributed by atoms with Crippen LogP contribution in [-0.4, -0.2) is 43.8 Å². The van der Waals surface area contributed by atoms with E-state index in [9.17, 15) is 13.2 Å². The Balaban J connectivity index is 1.46. The average molecular weight is 545 g/mol. The highest BCUT2D eigenvalue weighted by molar-refractivity contribution is 7.89. The number of hydrogen-bond acceptors (Lipinski definition) is 8. The standard InChI is InChI=1S/C26H32N4O5S2/c1-16(5-11-20-15-34-20)35-25(31)29-19-9-6-17(7-10-19)24-28-14-22(36-24)21-12-8-18(27)13-23(21)37(32,33)30-26(2,3)4/h6-10,12-14,16,20,30H,5,11,15,27H2,1-4H3,(H,29,31). The van der Waals surface area contributed by atoms with Gasteiger partial charge in [0.05, 0.1) is 22.5 Å². The van der Waals surface area contributed by atoms with E-state index in [-0.39, 0.29) is 11.0 Å². The highest BCUT2D eigenvalue weighted by atomic mass is 32.2. The molecule has 2 atom stereocenters. The molecule has 4 rings (SSSR count). The lowest BCUT2D eigenvalue weighted by molar-refractivity contribution is 0.113. The molecule has 37 heavy (non-hydrogen) atoms. The number of anilines is 2. The Morgan fingerprint density at radius 3 is 2.59 bits per heavy atom. The normalized spacial score (nSPS) is 16.3. The topological polar surface area (TPSA) is 136 Å². The van der Waals surface area contributed by atoms with Crippen molar-refractivity contribution in [3.8, 4) is 21.0 Å². The molecule has 0 bridgehead atoms. The van der Waals surface area contributed by atoms with Gasteiger partial charge < -0.3 is 15.2 Å². The monoisotopic (exact) mass is 544 g/mol. The van der Waals surface area contributed by atoms with Gasteiger partial charge in [-0.3, -0.25) is 5.32 Å². The fraction of sp³-hybridized carbons (Fsp3) is 0.385. The van der Waals surface area contributed by atoms with Gasteiger partial charge in [0.15, 0.2) is 0 Å². The first-order valence-electron chi connectivity index (χ1n) is 12.0. The van der Waals surface area contributed by atoms with Crippen LogP contribution in [0.4, 0.5) is 16.2 Å². The van der Waals surface area contributed by atoms with Crippen molar-refractivity contribution in [2.45, 2.75) is 63.2 Å². The first-order chi connectivity index (χ1) is 17.4. The number of sulfonamides is 1. The van der Waals surface area contributed by atoms with E-state index in [1.54, 1.807) is 51.2 Å². The van der Waals surface area contributed by atoms with Gasteiger partial charge in [0.1, 0.15) is 11.1 Å². The van der Waals surface area contributed by atoms with Crippen molar-refractivity contribution < 1.29 is 22.7 Å². The second-order valence-electron chi connectivity index (χ2n) is 10.1. The van der Waals surface area contributed by atoms with E-state index in [2.05, 4.69) is 15.0 Å². The zero-order valence-corrected chi connectivity index (χ0v) is 22.9. The molecule has 2 unspecified atom stereocenters. The van der Waals surface area contributed by atoms with Gasteiger partial charge in [-0.15, -0.1) is 11.3 Å². The molecule has 0 saturated carbocycles. The van der Waals surface area contributed by atoms with Crippen molar-refractivity contribution in [2.24, 2.45) is 0 Å². The quantitative estimate of drug-likeness (QED) is 0.247. The molecule has 1 aliphatic rings. The number of carbonyl (C=O) groups is 1. The molecular weight excluding hydrogens is 512 g/mol. The Labute approximate surface area is 221 Å². The van der Waals surface area contributed by atoms with Crippen LogP contribution in [0.1, 0.15) is 40.5 Å². The van der Waals surface area contributed by atoms with Gasteiger partial charge in [0.25, 0.3) is 0 Å². The molecule has 9 nitrogen and oxygen atoms in total. The van der Waals surface area contributed by atoms with E-state index in [1.807, 2.05) is 19.1 Å². The third kappa shape index (κ3) is 7.51. The van der Waals surface area contributed by atoms with E-state index in [0.717, 1.165) is 25.0 Å². The van der Waals surface area contributed by atoms with E-state index in [1.165, 1.54) is 17.4 Å². The molecule has 3 aromatic rings. The molecule has 198 valence electrons. The lowest BCUT2D eigenvalue weighted by Gasteiger charge is -2.21. The molecule has 11 heteroatoms. The lowest BCUT2D eigenvalue weighted by Crippen LogP contribution is -2.40. The summed E-state index contributed by atoms with van der Waals surface area (Å²) in [6, 6.07) is 12.1. The van der Waals surface area contributed by atoms with E-state index in [0.29, 0.717) is 32.9 Å². The fourth-order valence-corrected chi connectivity index (χ4v) is 6.40. The molecule has 1 amide bonds. The van der Waals surface area contributed by atoms with Crippen molar-refractivity contribution in [1.29, 1.82) is 0 Å². The molecule has 1 aromatic heterocycles. The maximum Gasteiger partial charge on any atom is 0.411 e. The number of thiazole rings is 1. The van der Waals surface area contributed by atoms with Crippen molar-refractivity contribution >= 4 is 38.8 Å². The molecule has 1 saturated heterocycles. The minimum absolute atomic E-state index is 0.106. The highest BCUT2D eigenvalue weighted by Gasteiger charge is 2.26. The summed E-state index contributed by atoms with van der Waals surface area (Å²) < 4.78 is 39.5. The Hall–Kier alpha value is -2.99. The molecule has 0 aliphatic carbocycles. The summed E-state index contributed by atoms with van der Waals surface area (Å²) in [5.74, 6) is 0. The second-order valence-corrected chi connectivity index (χ2v) is 12.8.